The van der Waals surface area contributed by atoms with E-state index in [2.05, 4.69) is 5.32 Å². The van der Waals surface area contributed by atoms with Crippen LogP contribution in [0, 0.1) is 5.41 Å². The molecule has 0 saturated heterocycles. The van der Waals surface area contributed by atoms with Crippen molar-refractivity contribution in [1.29, 1.82) is 0 Å². The van der Waals surface area contributed by atoms with Crippen LogP contribution in [0.4, 0.5) is 0 Å². The molecule has 0 aromatic heterocycles. The van der Waals surface area contributed by atoms with Gasteiger partial charge in [0.1, 0.15) is 0 Å². The molecule has 0 aromatic rings. The van der Waals surface area contributed by atoms with Crippen molar-refractivity contribution in [3.63, 3.8) is 0 Å². The first-order valence-electron chi connectivity index (χ1n) is 6.78. The van der Waals surface area contributed by atoms with Gasteiger partial charge in [-0.2, -0.15) is 0 Å². The molecule has 0 spiro atoms. The predicted molar refractivity (Wildman–Crippen MR) is 64.8 cm³/mol. The van der Waals surface area contributed by atoms with Crippen LogP contribution in [0.1, 0.15) is 57.8 Å². The van der Waals surface area contributed by atoms with Crippen LogP contribution < -0.4 is 11.1 Å². The molecule has 2 aliphatic rings. The third-order valence-electron chi connectivity index (χ3n) is 4.47. The highest BCUT2D eigenvalue weighted by atomic mass is 14.9. The molecule has 15 heavy (non-hydrogen) atoms. The highest BCUT2D eigenvalue weighted by molar-refractivity contribution is 4.88. The van der Waals surface area contributed by atoms with Crippen molar-refractivity contribution in [2.45, 2.75) is 63.8 Å². The molecule has 2 heteroatoms. The van der Waals surface area contributed by atoms with E-state index >= 15 is 0 Å². The Hall–Kier alpha value is -0.0800. The standard InChI is InChI=1S/C13H26N2/c14-10-13(8-4-5-9-13)11-15-12-6-2-1-3-7-12/h12,15H,1-11,14H2. The van der Waals surface area contributed by atoms with Gasteiger partial charge in [-0.25, -0.2) is 0 Å². The van der Waals surface area contributed by atoms with E-state index in [1.165, 1.54) is 64.3 Å². The number of hydrogen-bond acceptors (Lipinski definition) is 2. The zero-order valence-corrected chi connectivity index (χ0v) is 9.93. The molecule has 2 nitrogen and oxygen atoms in total. The topological polar surface area (TPSA) is 38.0 Å². The maximum absolute atomic E-state index is 5.94. The van der Waals surface area contributed by atoms with Crippen molar-refractivity contribution in [2.75, 3.05) is 13.1 Å². The van der Waals surface area contributed by atoms with E-state index < -0.39 is 0 Å². The molecule has 0 aliphatic heterocycles. The Morgan fingerprint density at radius 3 is 2.27 bits per heavy atom. The second kappa shape index (κ2) is 5.31. The lowest BCUT2D eigenvalue weighted by atomic mass is 9.85. The Kier molecular flexibility index (Phi) is 4.04. The van der Waals surface area contributed by atoms with Gasteiger partial charge < -0.3 is 11.1 Å². The van der Waals surface area contributed by atoms with Crippen LogP contribution in [0.5, 0.6) is 0 Å². The first-order valence-corrected chi connectivity index (χ1v) is 6.78. The molecule has 0 unspecified atom stereocenters. The maximum Gasteiger partial charge on any atom is 0.00673 e. The second-order valence-electron chi connectivity index (χ2n) is 5.63. The number of nitrogens with two attached hydrogens (primary N) is 1. The van der Waals surface area contributed by atoms with Crippen molar-refractivity contribution in [3.8, 4) is 0 Å². The molecule has 0 amide bonds. The van der Waals surface area contributed by atoms with Crippen molar-refractivity contribution in [1.82, 2.24) is 5.32 Å². The summed E-state index contributed by atoms with van der Waals surface area (Å²) in [5.41, 5.74) is 6.40. The van der Waals surface area contributed by atoms with Gasteiger partial charge in [0.15, 0.2) is 0 Å². The van der Waals surface area contributed by atoms with Crippen molar-refractivity contribution < 1.29 is 0 Å². The van der Waals surface area contributed by atoms with E-state index in [0.29, 0.717) is 5.41 Å². The molecule has 2 fully saturated rings. The minimum absolute atomic E-state index is 0.456. The lowest BCUT2D eigenvalue weighted by Gasteiger charge is -2.31. The summed E-state index contributed by atoms with van der Waals surface area (Å²) in [6.07, 6.45) is 12.6. The van der Waals surface area contributed by atoms with Gasteiger partial charge in [0, 0.05) is 12.6 Å². The van der Waals surface area contributed by atoms with E-state index in [-0.39, 0.29) is 0 Å². The largest absolute Gasteiger partial charge is 0.330 e. The number of hydrogen-bond donors (Lipinski definition) is 2. The summed E-state index contributed by atoms with van der Waals surface area (Å²) in [7, 11) is 0. The third-order valence-corrected chi connectivity index (χ3v) is 4.47. The summed E-state index contributed by atoms with van der Waals surface area (Å²) in [5, 5.41) is 3.78. The quantitative estimate of drug-likeness (QED) is 0.748. The minimum atomic E-state index is 0.456. The second-order valence-corrected chi connectivity index (χ2v) is 5.63. The Morgan fingerprint density at radius 1 is 1.00 bits per heavy atom. The van der Waals surface area contributed by atoms with E-state index in [9.17, 15) is 0 Å². The van der Waals surface area contributed by atoms with E-state index in [0.717, 1.165) is 12.6 Å². The van der Waals surface area contributed by atoms with Gasteiger partial charge in [-0.15, -0.1) is 0 Å². The minimum Gasteiger partial charge on any atom is -0.330 e. The van der Waals surface area contributed by atoms with Crippen LogP contribution in [-0.2, 0) is 0 Å². The van der Waals surface area contributed by atoms with E-state index in [4.69, 9.17) is 5.73 Å². The van der Waals surface area contributed by atoms with Crippen molar-refractivity contribution in [3.05, 3.63) is 0 Å². The Bertz CT molecular complexity index is 179. The summed E-state index contributed by atoms with van der Waals surface area (Å²) in [5.74, 6) is 0. The summed E-state index contributed by atoms with van der Waals surface area (Å²) in [6, 6.07) is 0.794. The molecule has 0 aromatic carbocycles. The molecule has 3 N–H and O–H groups in total. The van der Waals surface area contributed by atoms with Crippen LogP contribution in [0.15, 0.2) is 0 Å². The van der Waals surface area contributed by atoms with Crippen LogP contribution in [-0.4, -0.2) is 19.1 Å². The summed E-state index contributed by atoms with van der Waals surface area (Å²) >= 11 is 0. The van der Waals surface area contributed by atoms with Gasteiger partial charge in [0.05, 0.1) is 0 Å². The molecule has 88 valence electrons. The summed E-state index contributed by atoms with van der Waals surface area (Å²) in [6.45, 7) is 2.06. The molecule has 2 aliphatic carbocycles. The highest BCUT2D eigenvalue weighted by Gasteiger charge is 2.32. The van der Waals surface area contributed by atoms with Gasteiger partial charge in [-0.1, -0.05) is 32.1 Å². The summed E-state index contributed by atoms with van der Waals surface area (Å²) in [4.78, 5) is 0. The zero-order chi connectivity index (χ0) is 10.6. The molecule has 2 saturated carbocycles. The normalized spacial score (nSPS) is 27.0. The van der Waals surface area contributed by atoms with Gasteiger partial charge >= 0.3 is 0 Å². The average molecular weight is 210 g/mol. The molecule has 2 rings (SSSR count). The van der Waals surface area contributed by atoms with E-state index in [1.807, 2.05) is 0 Å². The first-order chi connectivity index (χ1) is 7.35. The first kappa shape index (κ1) is 11.4. The fourth-order valence-electron chi connectivity index (χ4n) is 3.25. The van der Waals surface area contributed by atoms with Crippen LogP contribution in [0.2, 0.25) is 0 Å². The van der Waals surface area contributed by atoms with Gasteiger partial charge in [-0.3, -0.25) is 0 Å². The van der Waals surface area contributed by atoms with Crippen molar-refractivity contribution >= 4 is 0 Å². The summed E-state index contributed by atoms with van der Waals surface area (Å²) < 4.78 is 0. The SMILES string of the molecule is NCC1(CNC2CCCCC2)CCCC1. The van der Waals surface area contributed by atoms with Crippen LogP contribution in [0.3, 0.4) is 0 Å². The fraction of sp³-hybridized carbons (Fsp3) is 1.00. The fourth-order valence-corrected chi connectivity index (χ4v) is 3.25. The predicted octanol–water partition coefficient (Wildman–Crippen LogP) is 2.43. The maximum atomic E-state index is 5.94. The van der Waals surface area contributed by atoms with Gasteiger partial charge in [0.2, 0.25) is 0 Å². The molecule has 0 radical (unpaired) electrons. The van der Waals surface area contributed by atoms with Gasteiger partial charge in [0.25, 0.3) is 0 Å². The highest BCUT2D eigenvalue weighted by Crippen LogP contribution is 2.36. The van der Waals surface area contributed by atoms with Gasteiger partial charge in [-0.05, 0) is 37.6 Å². The average Bonchev–Trinajstić information content (AvgIpc) is 2.77. The molecule has 0 atom stereocenters. The Labute approximate surface area is 94.0 Å². The smallest absolute Gasteiger partial charge is 0.00673 e. The lowest BCUT2D eigenvalue weighted by molar-refractivity contribution is 0.256. The van der Waals surface area contributed by atoms with Crippen LogP contribution in [0.25, 0.3) is 0 Å². The zero-order valence-electron chi connectivity index (χ0n) is 9.93. The molecular weight excluding hydrogens is 184 g/mol. The molecule has 0 bridgehead atoms. The van der Waals surface area contributed by atoms with Crippen LogP contribution >= 0.6 is 0 Å². The Morgan fingerprint density at radius 2 is 1.67 bits per heavy atom. The number of rotatable bonds is 4. The van der Waals surface area contributed by atoms with E-state index in [1.54, 1.807) is 0 Å². The molecule has 0 heterocycles. The third kappa shape index (κ3) is 2.94. The molecular formula is C13H26N2. The number of nitrogens with one attached hydrogen (secondary N) is 1. The Balaban J connectivity index is 1.75. The monoisotopic (exact) mass is 210 g/mol. The lowest BCUT2D eigenvalue weighted by Crippen LogP contribution is -2.43. The van der Waals surface area contributed by atoms with Crippen molar-refractivity contribution in [2.24, 2.45) is 11.1 Å².